The fourth-order valence-electron chi connectivity index (χ4n) is 1.44. The molecular weight excluding hydrogens is 232 g/mol. The molecule has 0 fully saturated rings. The van der Waals surface area contributed by atoms with Gasteiger partial charge in [0.15, 0.2) is 0 Å². The molecule has 0 saturated heterocycles. The molecular formula is C13H16N2O3. The maximum atomic E-state index is 11.2. The van der Waals surface area contributed by atoms with Crippen LogP contribution in [0.15, 0.2) is 36.0 Å². The van der Waals surface area contributed by atoms with Crippen LogP contribution in [0.5, 0.6) is 0 Å². The summed E-state index contributed by atoms with van der Waals surface area (Å²) in [6, 6.07) is 7.47. The van der Waals surface area contributed by atoms with Crippen LogP contribution in [0.2, 0.25) is 0 Å². The van der Waals surface area contributed by atoms with Crippen molar-refractivity contribution in [3.63, 3.8) is 0 Å². The number of carbonyl (C=O) groups is 2. The van der Waals surface area contributed by atoms with Crippen molar-refractivity contribution in [1.82, 2.24) is 0 Å². The summed E-state index contributed by atoms with van der Waals surface area (Å²) < 4.78 is 4.46. The number of anilines is 1. The monoisotopic (exact) mass is 248 g/mol. The van der Waals surface area contributed by atoms with Gasteiger partial charge in [-0.25, -0.2) is 4.79 Å². The predicted octanol–water partition coefficient (Wildman–Crippen LogP) is 1.20. The molecule has 0 radical (unpaired) electrons. The molecule has 0 aliphatic heterocycles. The van der Waals surface area contributed by atoms with E-state index in [-0.39, 0.29) is 5.70 Å². The van der Waals surface area contributed by atoms with Gasteiger partial charge < -0.3 is 15.8 Å². The Balaban J connectivity index is 3.01. The minimum atomic E-state index is -0.716. The van der Waals surface area contributed by atoms with Gasteiger partial charge in [0.25, 0.3) is 5.91 Å². The highest BCUT2D eigenvalue weighted by Gasteiger charge is 2.10. The van der Waals surface area contributed by atoms with Crippen molar-refractivity contribution >= 4 is 17.6 Å². The van der Waals surface area contributed by atoms with E-state index >= 15 is 0 Å². The molecule has 0 spiro atoms. The molecule has 3 N–H and O–H groups in total. The minimum Gasteiger partial charge on any atom is -0.466 e. The van der Waals surface area contributed by atoms with Gasteiger partial charge in [-0.05, 0) is 18.1 Å². The first-order chi connectivity index (χ1) is 8.58. The number of nitrogens with one attached hydrogen (secondary N) is 1. The van der Waals surface area contributed by atoms with Gasteiger partial charge in [0.05, 0.1) is 13.2 Å². The molecule has 0 saturated carbocycles. The molecule has 1 amide bonds. The first-order valence-electron chi connectivity index (χ1n) is 5.52. The van der Waals surface area contributed by atoms with E-state index in [1.807, 2.05) is 31.2 Å². The van der Waals surface area contributed by atoms with E-state index in [2.05, 4.69) is 10.1 Å². The maximum absolute atomic E-state index is 11.2. The number of hydrogen-bond acceptors (Lipinski definition) is 4. The molecule has 1 aromatic rings. The number of primary amides is 1. The maximum Gasteiger partial charge on any atom is 0.332 e. The molecule has 5 heteroatoms. The third-order valence-corrected chi connectivity index (χ3v) is 2.40. The molecule has 5 nitrogen and oxygen atoms in total. The summed E-state index contributed by atoms with van der Waals surface area (Å²) in [5.41, 5.74) is 6.97. The number of benzene rings is 1. The summed E-state index contributed by atoms with van der Waals surface area (Å²) in [5.74, 6) is -1.35. The lowest BCUT2D eigenvalue weighted by molar-refractivity contribution is -0.135. The number of esters is 1. The van der Waals surface area contributed by atoms with E-state index in [0.29, 0.717) is 0 Å². The van der Waals surface area contributed by atoms with Crippen LogP contribution in [-0.2, 0) is 20.7 Å². The average Bonchev–Trinajstić information content (AvgIpc) is 2.38. The highest BCUT2D eigenvalue weighted by atomic mass is 16.5. The number of carbonyl (C=O) groups excluding carboxylic acids is 2. The van der Waals surface area contributed by atoms with Crippen LogP contribution < -0.4 is 11.1 Å². The van der Waals surface area contributed by atoms with Gasteiger partial charge in [0.2, 0.25) is 0 Å². The van der Waals surface area contributed by atoms with Crippen LogP contribution in [0.1, 0.15) is 12.5 Å². The lowest BCUT2D eigenvalue weighted by Gasteiger charge is -2.11. The van der Waals surface area contributed by atoms with Gasteiger partial charge in [-0.3, -0.25) is 4.79 Å². The third-order valence-electron chi connectivity index (χ3n) is 2.40. The van der Waals surface area contributed by atoms with Crippen molar-refractivity contribution < 1.29 is 14.3 Å². The Morgan fingerprint density at radius 1 is 1.39 bits per heavy atom. The number of nitrogens with two attached hydrogens (primary N) is 1. The van der Waals surface area contributed by atoms with Crippen LogP contribution in [-0.4, -0.2) is 19.0 Å². The van der Waals surface area contributed by atoms with Gasteiger partial charge >= 0.3 is 5.97 Å². The summed E-state index contributed by atoms with van der Waals surface area (Å²) >= 11 is 0. The molecule has 0 atom stereocenters. The largest absolute Gasteiger partial charge is 0.466 e. The SMILES string of the molecule is CCc1ccccc1N/C(=C\C(=O)OC)C(N)=O. The van der Waals surface area contributed by atoms with Gasteiger partial charge in [0, 0.05) is 5.69 Å². The van der Waals surface area contributed by atoms with Gasteiger partial charge in [0.1, 0.15) is 5.70 Å². The fourth-order valence-corrected chi connectivity index (χ4v) is 1.44. The zero-order valence-electron chi connectivity index (χ0n) is 10.4. The first-order valence-corrected chi connectivity index (χ1v) is 5.52. The Morgan fingerprint density at radius 3 is 2.61 bits per heavy atom. The quantitative estimate of drug-likeness (QED) is 0.606. The molecule has 0 heterocycles. The molecule has 96 valence electrons. The van der Waals surface area contributed by atoms with Crippen molar-refractivity contribution in [3.05, 3.63) is 41.6 Å². The van der Waals surface area contributed by atoms with Crippen molar-refractivity contribution in [2.24, 2.45) is 5.73 Å². The Kier molecular flexibility index (Phi) is 4.92. The summed E-state index contributed by atoms with van der Waals surface area (Å²) in [4.78, 5) is 22.4. The second kappa shape index (κ2) is 6.44. The first kappa shape index (κ1) is 13.8. The summed E-state index contributed by atoms with van der Waals surface area (Å²) in [7, 11) is 1.23. The second-order valence-electron chi connectivity index (χ2n) is 3.58. The van der Waals surface area contributed by atoms with Crippen LogP contribution in [0.4, 0.5) is 5.69 Å². The number of rotatable bonds is 5. The predicted molar refractivity (Wildman–Crippen MR) is 68.7 cm³/mol. The molecule has 0 aliphatic rings. The molecule has 0 bridgehead atoms. The highest BCUT2D eigenvalue weighted by molar-refractivity contribution is 6.00. The smallest absolute Gasteiger partial charge is 0.332 e. The van der Waals surface area contributed by atoms with Crippen molar-refractivity contribution in [2.75, 3.05) is 12.4 Å². The number of ether oxygens (including phenoxy) is 1. The Labute approximate surface area is 106 Å². The van der Waals surface area contributed by atoms with Crippen molar-refractivity contribution in [2.45, 2.75) is 13.3 Å². The fraction of sp³-hybridized carbons (Fsp3) is 0.231. The van der Waals surface area contributed by atoms with E-state index in [9.17, 15) is 9.59 Å². The molecule has 1 rings (SSSR count). The summed E-state index contributed by atoms with van der Waals surface area (Å²) in [6.07, 6.45) is 1.84. The van der Waals surface area contributed by atoms with Crippen LogP contribution >= 0.6 is 0 Å². The van der Waals surface area contributed by atoms with Gasteiger partial charge in [-0.15, -0.1) is 0 Å². The topological polar surface area (TPSA) is 81.4 Å². The van der Waals surface area contributed by atoms with Crippen molar-refractivity contribution in [3.8, 4) is 0 Å². The van der Waals surface area contributed by atoms with E-state index in [1.54, 1.807) is 0 Å². The number of hydrogen-bond donors (Lipinski definition) is 2. The van der Waals surface area contributed by atoms with E-state index in [4.69, 9.17) is 5.73 Å². The highest BCUT2D eigenvalue weighted by Crippen LogP contribution is 2.17. The molecule has 0 unspecified atom stereocenters. The summed E-state index contributed by atoms with van der Waals surface area (Å²) in [6.45, 7) is 1.99. The summed E-state index contributed by atoms with van der Waals surface area (Å²) in [5, 5.41) is 2.85. The normalized spacial score (nSPS) is 10.9. The lowest BCUT2D eigenvalue weighted by atomic mass is 10.1. The van der Waals surface area contributed by atoms with Crippen LogP contribution in [0.3, 0.4) is 0 Å². The van der Waals surface area contributed by atoms with Gasteiger partial charge in [-0.1, -0.05) is 25.1 Å². The van der Waals surface area contributed by atoms with Crippen molar-refractivity contribution in [1.29, 1.82) is 0 Å². The Bertz CT molecular complexity index is 481. The zero-order valence-corrected chi connectivity index (χ0v) is 10.4. The molecule has 0 aromatic heterocycles. The number of aryl methyl sites for hydroxylation is 1. The molecule has 0 aliphatic carbocycles. The second-order valence-corrected chi connectivity index (χ2v) is 3.58. The lowest BCUT2D eigenvalue weighted by Crippen LogP contribution is -2.21. The molecule has 1 aromatic carbocycles. The zero-order chi connectivity index (χ0) is 13.5. The van der Waals surface area contributed by atoms with E-state index < -0.39 is 11.9 Å². The number of methoxy groups -OCH3 is 1. The van der Waals surface area contributed by atoms with Crippen LogP contribution in [0, 0.1) is 0 Å². The average molecular weight is 248 g/mol. The minimum absolute atomic E-state index is 0.00255. The third kappa shape index (κ3) is 3.62. The number of para-hydroxylation sites is 1. The Morgan fingerprint density at radius 2 is 2.06 bits per heavy atom. The van der Waals surface area contributed by atoms with Crippen LogP contribution in [0.25, 0.3) is 0 Å². The Hall–Kier alpha value is -2.30. The van der Waals surface area contributed by atoms with Gasteiger partial charge in [-0.2, -0.15) is 0 Å². The standard InChI is InChI=1S/C13H16N2O3/c1-3-9-6-4-5-7-10(9)15-11(13(14)17)8-12(16)18-2/h4-8,15H,3H2,1-2H3,(H2,14,17)/b11-8-. The number of amides is 1. The van der Waals surface area contributed by atoms with E-state index in [0.717, 1.165) is 23.7 Å². The van der Waals surface area contributed by atoms with E-state index in [1.165, 1.54) is 7.11 Å². The molecule has 18 heavy (non-hydrogen) atoms.